The number of hydrogen-bond donors (Lipinski definition) is 0. The van der Waals surface area contributed by atoms with Crippen molar-refractivity contribution in [3.8, 4) is 22.3 Å². The van der Waals surface area contributed by atoms with Gasteiger partial charge in [0.1, 0.15) is 0 Å². The summed E-state index contributed by atoms with van der Waals surface area (Å²) < 4.78 is 0. The van der Waals surface area contributed by atoms with Crippen molar-refractivity contribution >= 4 is 54.3 Å². The van der Waals surface area contributed by atoms with Gasteiger partial charge in [-0.25, -0.2) is 0 Å². The van der Waals surface area contributed by atoms with E-state index in [9.17, 15) is 0 Å². The predicted octanol–water partition coefficient (Wildman–Crippen LogP) is 8.92. The first kappa shape index (κ1) is 27.7. The molecule has 4 rings (SSSR count). The Morgan fingerprint density at radius 3 is 1.79 bits per heavy atom. The van der Waals surface area contributed by atoms with Crippen LogP contribution in [-0.4, -0.2) is 16.1 Å². The Labute approximate surface area is 226 Å². The first-order valence-corrected chi connectivity index (χ1v) is 25.2. The number of fused-ring (bicyclic) bond motifs is 1. The Morgan fingerprint density at radius 1 is 0.735 bits per heavy atom. The molecule has 0 fully saturated rings. The molecule has 0 aliphatic rings. The molecule has 0 saturated carbocycles. The van der Waals surface area contributed by atoms with Crippen LogP contribution in [0.2, 0.25) is 39.3 Å². The average Bonchev–Trinajstić information content (AvgIpc) is 3.22. The van der Waals surface area contributed by atoms with Gasteiger partial charge >= 0.3 is 37.9 Å². The summed E-state index contributed by atoms with van der Waals surface area (Å²) in [6.45, 7) is 17.1. The summed E-state index contributed by atoms with van der Waals surface area (Å²) in [7, 11) is 7.01. The van der Waals surface area contributed by atoms with Crippen LogP contribution in [0.3, 0.4) is 0 Å². The molecule has 0 aliphatic heterocycles. The van der Waals surface area contributed by atoms with Crippen LogP contribution in [0.5, 0.6) is 0 Å². The van der Waals surface area contributed by atoms with Crippen molar-refractivity contribution in [1.82, 2.24) is 0 Å². The van der Waals surface area contributed by atoms with Crippen molar-refractivity contribution in [2.24, 2.45) is 0 Å². The molecule has 0 N–H and O–H groups in total. The Hall–Kier alpha value is -0.833. The van der Waals surface area contributed by atoms with E-state index in [1.807, 2.05) is 0 Å². The quantitative estimate of drug-likeness (QED) is 0.158. The molecule has 4 aromatic carbocycles. The molecule has 0 bridgehead atoms. The molecule has 0 saturated heterocycles. The van der Waals surface area contributed by atoms with E-state index in [-0.39, 0.29) is 0 Å². The molecule has 178 valence electrons. The molecule has 5 heteroatoms. The number of halogens is 2. The summed E-state index contributed by atoms with van der Waals surface area (Å²) in [6.07, 6.45) is 1.05. The minimum absolute atomic E-state index is 0.826. The molecule has 0 aliphatic carbocycles. The Bertz CT molecular complexity index is 1220. The van der Waals surface area contributed by atoms with Gasteiger partial charge in [-0.15, -0.1) is 34.5 Å². The zero-order valence-corrected chi connectivity index (χ0v) is 27.4. The van der Waals surface area contributed by atoms with E-state index in [4.69, 9.17) is 17.0 Å². The number of aryl methyl sites for hydroxylation is 1. The van der Waals surface area contributed by atoms with Crippen molar-refractivity contribution in [2.45, 2.75) is 52.6 Å². The van der Waals surface area contributed by atoms with Crippen LogP contribution in [0.15, 0.2) is 72.8 Å². The fourth-order valence-corrected chi connectivity index (χ4v) is 6.90. The normalized spacial score (nSPS) is 11.8. The monoisotopic (exact) mass is 599 g/mol. The third-order valence-electron chi connectivity index (χ3n) is 6.42. The van der Waals surface area contributed by atoms with Crippen molar-refractivity contribution in [2.75, 3.05) is 0 Å². The van der Waals surface area contributed by atoms with E-state index >= 15 is 0 Å². The molecule has 0 spiro atoms. The summed E-state index contributed by atoms with van der Waals surface area (Å²) in [5.74, 6) is 0. The average molecular weight is 602 g/mol. The molecule has 0 amide bonds. The van der Waals surface area contributed by atoms with E-state index < -0.39 is 37.0 Å². The topological polar surface area (TPSA) is 0 Å². The molecule has 0 aromatic heterocycles. The zero-order chi connectivity index (χ0) is 25.1. The fourth-order valence-electron chi connectivity index (χ4n) is 4.40. The summed E-state index contributed by atoms with van der Waals surface area (Å²) in [4.78, 5) is 0. The van der Waals surface area contributed by atoms with Gasteiger partial charge in [0.05, 0.1) is 16.1 Å². The van der Waals surface area contributed by atoms with E-state index in [1.54, 1.807) is 10.4 Å². The van der Waals surface area contributed by atoms with E-state index in [0.717, 1.165) is 6.42 Å². The van der Waals surface area contributed by atoms with Gasteiger partial charge in [-0.3, -0.25) is 0 Å². The molecule has 0 unspecified atom stereocenters. The second-order valence-corrected chi connectivity index (χ2v) is 24.8. The molecular formula is C29H35Cl2Si2Zr-. The summed E-state index contributed by atoms with van der Waals surface area (Å²) in [5.41, 5.74) is 6.93. The SMILES string of the molecule is CCc1ccc2[cH-]c(-c3ccccc3)cc2c1-c1cc([Si](C)(C)C)cc([Si](C)(C)C)c1.[Cl][Zr][Cl]. The van der Waals surface area contributed by atoms with Crippen LogP contribution in [0, 0.1) is 0 Å². The van der Waals surface area contributed by atoms with E-state index in [0.29, 0.717) is 0 Å². The predicted molar refractivity (Wildman–Crippen MR) is 157 cm³/mol. The van der Waals surface area contributed by atoms with Crippen molar-refractivity contribution in [1.29, 1.82) is 0 Å². The number of rotatable bonds is 5. The van der Waals surface area contributed by atoms with Gasteiger partial charge < -0.3 is 0 Å². The second kappa shape index (κ2) is 11.5. The standard InChI is InChI=1S/C29H35Si2.2ClH.Zr/c1-8-21-14-15-23-16-24(22-12-10-9-11-13-22)19-28(23)29(21)25-17-26(30(2,3)4)20-27(18-25)31(5,6)7;;;/h9-20H,8H2,1-7H3;2*1H;/q-1;;;+2/p-2. The van der Waals surface area contributed by atoms with Gasteiger partial charge in [0, 0.05) is 0 Å². The van der Waals surface area contributed by atoms with E-state index in [1.165, 1.54) is 38.6 Å². The first-order chi connectivity index (χ1) is 16.0. The van der Waals surface area contributed by atoms with Crippen LogP contribution in [-0.2, 0) is 27.3 Å². The fraction of sp³-hybridized carbons (Fsp3) is 0.276. The Balaban J connectivity index is 0.00000103. The zero-order valence-electron chi connectivity index (χ0n) is 21.4. The van der Waals surface area contributed by atoms with Crippen molar-refractivity contribution in [3.63, 3.8) is 0 Å². The van der Waals surface area contributed by atoms with Gasteiger partial charge in [-0.1, -0.05) is 122 Å². The summed E-state index contributed by atoms with van der Waals surface area (Å²) in [6, 6.07) is 27.8. The molecule has 0 heterocycles. The maximum atomic E-state index is 4.93. The summed E-state index contributed by atoms with van der Waals surface area (Å²) >= 11 is -0.826. The van der Waals surface area contributed by atoms with Gasteiger partial charge in [-0.05, 0) is 17.5 Å². The van der Waals surface area contributed by atoms with E-state index in [2.05, 4.69) is 119 Å². The van der Waals surface area contributed by atoms with Crippen LogP contribution >= 0.6 is 17.0 Å². The molecule has 0 radical (unpaired) electrons. The second-order valence-electron chi connectivity index (χ2n) is 10.9. The Kier molecular flexibility index (Phi) is 9.37. The van der Waals surface area contributed by atoms with Crippen LogP contribution in [0.1, 0.15) is 12.5 Å². The molecule has 4 aromatic rings. The van der Waals surface area contributed by atoms with Gasteiger partial charge in [0.2, 0.25) is 0 Å². The molecule has 0 nitrogen and oxygen atoms in total. The van der Waals surface area contributed by atoms with Crippen molar-refractivity contribution in [3.05, 3.63) is 78.4 Å². The van der Waals surface area contributed by atoms with Crippen molar-refractivity contribution < 1.29 is 20.8 Å². The number of hydrogen-bond acceptors (Lipinski definition) is 0. The summed E-state index contributed by atoms with van der Waals surface area (Å²) in [5, 5.41) is 5.90. The van der Waals surface area contributed by atoms with Gasteiger partial charge in [0.15, 0.2) is 0 Å². The first-order valence-electron chi connectivity index (χ1n) is 11.9. The Morgan fingerprint density at radius 2 is 1.29 bits per heavy atom. The van der Waals surface area contributed by atoms with Crippen LogP contribution in [0.25, 0.3) is 33.0 Å². The maximum absolute atomic E-state index is 4.93. The minimum atomic E-state index is -1.43. The molecule has 0 atom stereocenters. The van der Waals surface area contributed by atoms with Gasteiger partial charge in [-0.2, -0.15) is 0 Å². The number of benzene rings is 3. The van der Waals surface area contributed by atoms with Crippen LogP contribution in [0.4, 0.5) is 0 Å². The third kappa shape index (κ3) is 6.48. The van der Waals surface area contributed by atoms with Crippen LogP contribution < -0.4 is 10.4 Å². The molecular weight excluding hydrogens is 567 g/mol. The third-order valence-corrected chi connectivity index (χ3v) is 10.5. The molecule has 34 heavy (non-hydrogen) atoms. The van der Waals surface area contributed by atoms with Gasteiger partial charge in [0.25, 0.3) is 0 Å².